The zero-order valence-electron chi connectivity index (χ0n) is 11.5. The Kier molecular flexibility index (Phi) is 4.18. The molecule has 1 atom stereocenters. The number of hydrogen-bond acceptors (Lipinski definition) is 2. The zero-order valence-corrected chi connectivity index (χ0v) is 13.1. The average Bonchev–Trinajstić information content (AvgIpc) is 2.96. The van der Waals surface area contributed by atoms with E-state index in [0.717, 1.165) is 22.4 Å². The summed E-state index contributed by atoms with van der Waals surface area (Å²) in [4.78, 5) is 4.44. The predicted molar refractivity (Wildman–Crippen MR) is 87.9 cm³/mol. The van der Waals surface area contributed by atoms with Gasteiger partial charge in [0.05, 0.1) is 6.04 Å². The minimum Gasteiger partial charge on any atom is -0.329 e. The van der Waals surface area contributed by atoms with Crippen molar-refractivity contribution in [3.63, 3.8) is 0 Å². The molecule has 0 aliphatic heterocycles. The van der Waals surface area contributed by atoms with Gasteiger partial charge < -0.3 is 10.3 Å². The Bertz CT molecular complexity index is 704. The summed E-state index contributed by atoms with van der Waals surface area (Å²) in [6.07, 6.45) is 3.78. The lowest BCUT2D eigenvalue weighted by Crippen LogP contribution is -2.18. The van der Waals surface area contributed by atoms with Gasteiger partial charge in [0, 0.05) is 23.4 Å². The molecular formula is C17H16BrN3. The van der Waals surface area contributed by atoms with Crippen molar-refractivity contribution in [3.05, 3.63) is 88.4 Å². The topological polar surface area (TPSA) is 43.8 Å². The second-order valence-electron chi connectivity index (χ2n) is 4.93. The predicted octanol–water partition coefficient (Wildman–Crippen LogP) is 3.74. The van der Waals surface area contributed by atoms with Gasteiger partial charge in [-0.15, -0.1) is 0 Å². The summed E-state index contributed by atoms with van der Waals surface area (Å²) in [5, 5.41) is 0. The normalized spacial score (nSPS) is 12.3. The molecule has 21 heavy (non-hydrogen) atoms. The molecule has 3 aromatic rings. The lowest BCUT2D eigenvalue weighted by atomic mass is 10.1. The van der Waals surface area contributed by atoms with Crippen molar-refractivity contribution in [2.24, 2.45) is 5.73 Å². The first-order valence-corrected chi connectivity index (χ1v) is 7.59. The van der Waals surface area contributed by atoms with Gasteiger partial charge in [0.2, 0.25) is 0 Å². The molecular weight excluding hydrogens is 326 g/mol. The third-order valence-electron chi connectivity index (χ3n) is 3.45. The van der Waals surface area contributed by atoms with Crippen molar-refractivity contribution >= 4 is 15.9 Å². The fraction of sp³-hybridized carbons (Fsp3) is 0.118. The summed E-state index contributed by atoms with van der Waals surface area (Å²) in [7, 11) is 0. The molecule has 3 rings (SSSR count). The molecule has 0 aliphatic rings. The van der Waals surface area contributed by atoms with Crippen LogP contribution in [-0.2, 0) is 6.54 Å². The van der Waals surface area contributed by atoms with Gasteiger partial charge in [-0.05, 0) is 23.3 Å². The number of hydrogen-bond donors (Lipinski definition) is 1. The van der Waals surface area contributed by atoms with Crippen molar-refractivity contribution in [2.75, 3.05) is 0 Å². The molecule has 4 heteroatoms. The van der Waals surface area contributed by atoms with Gasteiger partial charge in [0.15, 0.2) is 0 Å². The van der Waals surface area contributed by atoms with Crippen LogP contribution in [0.3, 0.4) is 0 Å². The van der Waals surface area contributed by atoms with Crippen LogP contribution < -0.4 is 5.73 Å². The second-order valence-corrected chi connectivity index (χ2v) is 5.84. The van der Waals surface area contributed by atoms with Crippen LogP contribution >= 0.6 is 15.9 Å². The third kappa shape index (κ3) is 3.23. The highest BCUT2D eigenvalue weighted by atomic mass is 79.9. The molecule has 2 N–H and O–H groups in total. The van der Waals surface area contributed by atoms with Crippen LogP contribution in [0.25, 0.3) is 0 Å². The Morgan fingerprint density at radius 1 is 1.05 bits per heavy atom. The molecule has 1 aromatic heterocycles. The van der Waals surface area contributed by atoms with Gasteiger partial charge in [-0.25, -0.2) is 4.98 Å². The van der Waals surface area contributed by atoms with Crippen LogP contribution in [0.15, 0.2) is 71.5 Å². The van der Waals surface area contributed by atoms with Crippen LogP contribution in [0.2, 0.25) is 0 Å². The highest BCUT2D eigenvalue weighted by Gasteiger charge is 2.14. The van der Waals surface area contributed by atoms with E-state index in [9.17, 15) is 0 Å². The molecule has 3 nitrogen and oxygen atoms in total. The fourth-order valence-electron chi connectivity index (χ4n) is 2.33. The summed E-state index contributed by atoms with van der Waals surface area (Å²) in [6, 6.07) is 18.1. The average molecular weight is 342 g/mol. The van der Waals surface area contributed by atoms with Gasteiger partial charge >= 0.3 is 0 Å². The number of aromatic nitrogens is 2. The van der Waals surface area contributed by atoms with E-state index in [1.54, 1.807) is 6.20 Å². The maximum Gasteiger partial charge on any atom is 0.130 e. The number of nitrogens with two attached hydrogens (primary N) is 1. The second kappa shape index (κ2) is 6.24. The van der Waals surface area contributed by atoms with E-state index in [0.29, 0.717) is 0 Å². The molecule has 1 heterocycles. The van der Waals surface area contributed by atoms with Gasteiger partial charge in [-0.1, -0.05) is 58.4 Å². The summed E-state index contributed by atoms with van der Waals surface area (Å²) in [6.45, 7) is 0.778. The van der Waals surface area contributed by atoms with Crippen molar-refractivity contribution in [1.29, 1.82) is 0 Å². The van der Waals surface area contributed by atoms with Crippen LogP contribution in [-0.4, -0.2) is 9.55 Å². The molecule has 106 valence electrons. The zero-order chi connectivity index (χ0) is 14.7. The van der Waals surface area contributed by atoms with E-state index in [2.05, 4.69) is 37.6 Å². The molecule has 0 spiro atoms. The van der Waals surface area contributed by atoms with E-state index in [-0.39, 0.29) is 6.04 Å². The van der Waals surface area contributed by atoms with Crippen LogP contribution in [0.4, 0.5) is 0 Å². The summed E-state index contributed by atoms with van der Waals surface area (Å²) in [5.74, 6) is 0.876. The largest absolute Gasteiger partial charge is 0.329 e. The minimum atomic E-state index is -0.225. The monoisotopic (exact) mass is 341 g/mol. The lowest BCUT2D eigenvalue weighted by molar-refractivity contribution is 0.674. The van der Waals surface area contributed by atoms with E-state index in [4.69, 9.17) is 5.73 Å². The Labute approximate surface area is 132 Å². The Morgan fingerprint density at radius 3 is 2.48 bits per heavy atom. The molecule has 0 saturated heterocycles. The van der Waals surface area contributed by atoms with Crippen molar-refractivity contribution in [3.8, 4) is 0 Å². The van der Waals surface area contributed by atoms with E-state index in [1.165, 1.54) is 5.56 Å². The van der Waals surface area contributed by atoms with Crippen molar-refractivity contribution in [1.82, 2.24) is 9.55 Å². The van der Waals surface area contributed by atoms with Crippen LogP contribution in [0.5, 0.6) is 0 Å². The lowest BCUT2D eigenvalue weighted by Gasteiger charge is -2.15. The van der Waals surface area contributed by atoms with Crippen molar-refractivity contribution < 1.29 is 0 Å². The Hall–Kier alpha value is -1.91. The van der Waals surface area contributed by atoms with Gasteiger partial charge in [0.1, 0.15) is 5.82 Å². The van der Waals surface area contributed by atoms with Crippen LogP contribution in [0.1, 0.15) is 23.0 Å². The maximum absolute atomic E-state index is 6.37. The highest BCUT2D eigenvalue weighted by Crippen LogP contribution is 2.21. The van der Waals surface area contributed by atoms with E-state index >= 15 is 0 Å². The molecule has 0 aliphatic carbocycles. The van der Waals surface area contributed by atoms with E-state index < -0.39 is 0 Å². The number of nitrogens with zero attached hydrogens (tertiary/aromatic N) is 2. The minimum absolute atomic E-state index is 0.225. The number of benzene rings is 2. The van der Waals surface area contributed by atoms with Crippen LogP contribution in [0, 0.1) is 0 Å². The molecule has 0 saturated carbocycles. The molecule has 2 aromatic carbocycles. The van der Waals surface area contributed by atoms with Gasteiger partial charge in [-0.2, -0.15) is 0 Å². The van der Waals surface area contributed by atoms with Crippen molar-refractivity contribution in [2.45, 2.75) is 12.6 Å². The first kappa shape index (κ1) is 14.0. The third-order valence-corrected chi connectivity index (χ3v) is 3.98. The number of rotatable bonds is 4. The van der Waals surface area contributed by atoms with Gasteiger partial charge in [0.25, 0.3) is 0 Å². The van der Waals surface area contributed by atoms with E-state index in [1.807, 2.05) is 48.7 Å². The highest BCUT2D eigenvalue weighted by molar-refractivity contribution is 9.10. The number of halogens is 1. The quantitative estimate of drug-likeness (QED) is 0.785. The number of imidazole rings is 1. The SMILES string of the molecule is NC(c1ccc(Br)cc1)c1nccn1Cc1ccccc1. The molecule has 0 radical (unpaired) electrons. The summed E-state index contributed by atoms with van der Waals surface area (Å²) >= 11 is 3.44. The Morgan fingerprint density at radius 2 is 1.76 bits per heavy atom. The summed E-state index contributed by atoms with van der Waals surface area (Å²) in [5.41, 5.74) is 8.66. The summed E-state index contributed by atoms with van der Waals surface area (Å²) < 4.78 is 3.15. The molecule has 0 bridgehead atoms. The standard InChI is InChI=1S/C17H16BrN3/c18-15-8-6-14(7-9-15)16(19)17-20-10-11-21(17)12-13-4-2-1-3-5-13/h1-11,16H,12,19H2. The Balaban J connectivity index is 1.86. The van der Waals surface area contributed by atoms with Gasteiger partial charge in [-0.3, -0.25) is 0 Å². The fourth-order valence-corrected chi connectivity index (χ4v) is 2.60. The first-order chi connectivity index (χ1) is 10.2. The smallest absolute Gasteiger partial charge is 0.130 e. The first-order valence-electron chi connectivity index (χ1n) is 6.80. The molecule has 0 fully saturated rings. The molecule has 0 amide bonds. The molecule has 1 unspecified atom stereocenters. The maximum atomic E-state index is 6.37.